The van der Waals surface area contributed by atoms with Gasteiger partial charge in [0.15, 0.2) is 0 Å². The first-order valence-electron chi connectivity index (χ1n) is 5.95. The van der Waals surface area contributed by atoms with Gasteiger partial charge in [-0.05, 0) is 0 Å². The fourth-order valence-electron chi connectivity index (χ4n) is 1.63. The van der Waals surface area contributed by atoms with Crippen molar-refractivity contribution in [3.8, 4) is 0 Å². The van der Waals surface area contributed by atoms with Gasteiger partial charge in [-0.25, -0.2) is 0 Å². The van der Waals surface area contributed by atoms with Crippen molar-refractivity contribution in [2.24, 2.45) is 0 Å². The molecule has 0 saturated heterocycles. The van der Waals surface area contributed by atoms with E-state index in [4.69, 9.17) is 12.6 Å². The number of benzene rings is 2. The van der Waals surface area contributed by atoms with E-state index >= 15 is 0 Å². The molecular formula is C16H22ClP2RhS. The molecule has 5 heteroatoms. The van der Waals surface area contributed by atoms with E-state index in [2.05, 4.69) is 53.4 Å². The van der Waals surface area contributed by atoms with Crippen LogP contribution in [0.5, 0.6) is 0 Å². The maximum absolute atomic E-state index is 4.81. The second kappa shape index (κ2) is 12.9. The molecule has 21 heavy (non-hydrogen) atoms. The first-order valence-corrected chi connectivity index (χ1v) is 8.47. The Kier molecular flexibility index (Phi) is 14.6. The van der Waals surface area contributed by atoms with Gasteiger partial charge in [0.1, 0.15) is 0 Å². The van der Waals surface area contributed by atoms with Crippen molar-refractivity contribution in [3.05, 3.63) is 72.6 Å². The summed E-state index contributed by atoms with van der Waals surface area (Å²) >= 11 is 6.83. The summed E-state index contributed by atoms with van der Waals surface area (Å²) in [7, 11) is 4.53. The van der Waals surface area contributed by atoms with Crippen molar-refractivity contribution in [3.63, 3.8) is 0 Å². The molecule has 0 spiro atoms. The van der Waals surface area contributed by atoms with Crippen molar-refractivity contribution >= 4 is 42.1 Å². The molecule has 0 aliphatic heterocycles. The summed E-state index contributed by atoms with van der Waals surface area (Å²) in [5, 5.41) is 0. The van der Waals surface area contributed by atoms with Gasteiger partial charge in [0.25, 0.3) is 0 Å². The van der Waals surface area contributed by atoms with Gasteiger partial charge >= 0.3 is 27.0 Å². The second-order valence-electron chi connectivity index (χ2n) is 4.50. The third-order valence-electron chi connectivity index (χ3n) is 2.99. The maximum Gasteiger partial charge on any atom is -0.0624 e. The van der Waals surface area contributed by atoms with Gasteiger partial charge in [0.2, 0.25) is 0 Å². The summed E-state index contributed by atoms with van der Waals surface area (Å²) in [6, 6.07) is 20.3. The topological polar surface area (TPSA) is 0 Å². The predicted molar refractivity (Wildman–Crippen MR) is 103 cm³/mol. The molecule has 0 nitrogen and oxygen atoms in total. The van der Waals surface area contributed by atoms with E-state index in [-0.39, 0.29) is 19.8 Å². The molecular weight excluding hydrogens is 425 g/mol. The molecule has 0 N–H and O–H groups in total. The van der Waals surface area contributed by atoms with Crippen LogP contribution in [0.3, 0.4) is 0 Å². The molecule has 2 aromatic rings. The number of halogens is 1. The Morgan fingerprint density at radius 3 is 1.62 bits per heavy atom. The molecule has 0 radical (unpaired) electrons. The number of hydrogen-bond donors (Lipinski definition) is 0. The van der Waals surface area contributed by atoms with E-state index in [0.717, 1.165) is 4.90 Å². The molecule has 1 aliphatic rings. The van der Waals surface area contributed by atoms with E-state index in [1.165, 1.54) is 12.0 Å². The Morgan fingerprint density at radius 2 is 1.33 bits per heavy atom. The van der Waals surface area contributed by atoms with Crippen LogP contribution in [-0.4, -0.2) is 0 Å². The Balaban J connectivity index is 0. The maximum atomic E-state index is 4.81. The molecule has 0 aromatic heterocycles. The summed E-state index contributed by atoms with van der Waals surface area (Å²) < 4.78 is 0. The van der Waals surface area contributed by atoms with Crippen molar-refractivity contribution < 1.29 is 17.3 Å². The van der Waals surface area contributed by atoms with Crippen molar-refractivity contribution in [1.82, 2.24) is 0 Å². The third kappa shape index (κ3) is 9.23. The van der Waals surface area contributed by atoms with Crippen LogP contribution in [0.15, 0.2) is 65.6 Å². The van der Waals surface area contributed by atoms with E-state index in [1.807, 2.05) is 47.6 Å². The molecule has 2 aromatic carbocycles. The molecule has 118 valence electrons. The molecule has 0 amide bonds. The normalized spacial score (nSPS) is 17.5. The third-order valence-corrected chi connectivity index (χ3v) is 3.27. The SMILES string of the molecule is C[C@@]1(c2ccccc2)[CH-]C1.P.P.[Cl][Rh+2].[S-]c1ccccc1. The molecule has 2 unspecified atom stereocenters. The van der Waals surface area contributed by atoms with Crippen LogP contribution in [0.4, 0.5) is 0 Å². The fourth-order valence-corrected chi connectivity index (χ4v) is 1.79. The van der Waals surface area contributed by atoms with Crippen molar-refractivity contribution in [2.75, 3.05) is 0 Å². The molecule has 3 rings (SSSR count). The predicted octanol–water partition coefficient (Wildman–Crippen LogP) is 4.95. The fraction of sp³-hybridized carbons (Fsp3) is 0.188. The standard InChI is InChI=1S/C10H11.C6H6S.ClH.2H3P.Rh/c1-10(7-8-10)9-5-3-2-4-6-9;7-6-4-2-1-3-5-6;;;;/h2-7H,8H2,1H3;1-5,7H;1H;2*1H3;/q-1;;;;;+3/p-2/t10-;;;;;/m1...../s1. The van der Waals surface area contributed by atoms with E-state index in [1.54, 1.807) is 0 Å². The Hall–Kier alpha value is 0.433. The van der Waals surface area contributed by atoms with Gasteiger partial charge in [0.05, 0.1) is 0 Å². The van der Waals surface area contributed by atoms with E-state index < -0.39 is 0 Å². The second-order valence-corrected chi connectivity index (χ2v) is 4.98. The number of rotatable bonds is 1. The molecule has 1 fully saturated rings. The Bertz CT molecular complexity index is 464. The monoisotopic (exact) mass is 446 g/mol. The van der Waals surface area contributed by atoms with Gasteiger partial charge in [-0.3, -0.25) is 0 Å². The zero-order valence-corrected chi connectivity index (χ0v) is 18.1. The first kappa shape index (κ1) is 23.7. The summed E-state index contributed by atoms with van der Waals surface area (Å²) in [5.74, 6) is 0. The zero-order chi connectivity index (χ0) is 14.1. The molecule has 3 atom stereocenters. The van der Waals surface area contributed by atoms with Gasteiger partial charge < -0.3 is 19.0 Å². The van der Waals surface area contributed by atoms with Crippen LogP contribution in [0, 0.1) is 6.42 Å². The Morgan fingerprint density at radius 1 is 0.952 bits per heavy atom. The van der Waals surface area contributed by atoms with E-state index in [0.29, 0.717) is 5.41 Å². The molecule has 0 bridgehead atoms. The minimum atomic E-state index is 0. The van der Waals surface area contributed by atoms with Crippen LogP contribution in [0.2, 0.25) is 0 Å². The minimum Gasteiger partial charge on any atom is -0.780 e. The van der Waals surface area contributed by atoms with Crippen LogP contribution in [0.1, 0.15) is 18.9 Å². The smallest absolute Gasteiger partial charge is 0.0624 e. The molecule has 0 heterocycles. The van der Waals surface area contributed by atoms with Crippen LogP contribution < -0.4 is 0 Å². The van der Waals surface area contributed by atoms with Gasteiger partial charge in [0, 0.05) is 0 Å². The van der Waals surface area contributed by atoms with Gasteiger partial charge in [-0.2, -0.15) is 36.5 Å². The average molecular weight is 447 g/mol. The quantitative estimate of drug-likeness (QED) is 0.259. The molecule has 1 saturated carbocycles. The average Bonchev–Trinajstić information content (AvgIpc) is 3.23. The van der Waals surface area contributed by atoms with Crippen LogP contribution >= 0.6 is 29.5 Å². The summed E-state index contributed by atoms with van der Waals surface area (Å²) in [6.07, 6.45) is 3.60. The zero-order valence-electron chi connectivity index (χ0n) is 12.1. The Labute approximate surface area is 155 Å². The minimum absolute atomic E-state index is 0. The summed E-state index contributed by atoms with van der Waals surface area (Å²) in [4.78, 5) is 0.905. The van der Waals surface area contributed by atoms with Crippen LogP contribution in [0.25, 0.3) is 0 Å². The van der Waals surface area contributed by atoms with Gasteiger partial charge in [-0.15, -0.1) is 0 Å². The van der Waals surface area contributed by atoms with Crippen LogP contribution in [-0.2, 0) is 35.4 Å². The van der Waals surface area contributed by atoms with Crippen molar-refractivity contribution in [1.29, 1.82) is 0 Å². The van der Waals surface area contributed by atoms with E-state index in [9.17, 15) is 0 Å². The largest absolute Gasteiger partial charge is 0.780 e. The van der Waals surface area contributed by atoms with Crippen molar-refractivity contribution in [2.45, 2.75) is 23.7 Å². The summed E-state index contributed by atoms with van der Waals surface area (Å²) in [5.41, 5.74) is 1.87. The first-order chi connectivity index (χ1) is 9.21. The van der Waals surface area contributed by atoms with Gasteiger partial charge in [-0.1, -0.05) is 73.2 Å². The number of hydrogen-bond acceptors (Lipinski definition) is 1. The molecule has 1 aliphatic carbocycles. The summed E-state index contributed by atoms with van der Waals surface area (Å²) in [6.45, 7) is 2.28.